The highest BCUT2D eigenvalue weighted by Crippen LogP contribution is 2.25. The molecule has 0 atom stereocenters. The van der Waals surface area contributed by atoms with Crippen LogP contribution in [0.4, 0.5) is 10.5 Å². The summed E-state index contributed by atoms with van der Waals surface area (Å²) in [5, 5.41) is 11.6. The number of urea groups is 1. The second-order valence-corrected chi connectivity index (χ2v) is 5.30. The van der Waals surface area contributed by atoms with E-state index in [0.29, 0.717) is 18.0 Å². The maximum atomic E-state index is 12.3. The first-order valence-corrected chi connectivity index (χ1v) is 6.75. The Morgan fingerprint density at radius 1 is 1.38 bits per heavy atom. The molecule has 21 heavy (non-hydrogen) atoms. The SMILES string of the molecule is COc1ccc(C)cc1NC(=O)N(CC(=O)O)CC(C)C. The summed E-state index contributed by atoms with van der Waals surface area (Å²) in [6.45, 7) is 5.79. The van der Waals surface area contributed by atoms with Crippen molar-refractivity contribution in [3.8, 4) is 5.75 Å². The summed E-state index contributed by atoms with van der Waals surface area (Å²) >= 11 is 0. The monoisotopic (exact) mass is 294 g/mol. The largest absolute Gasteiger partial charge is 0.495 e. The number of aliphatic carboxylic acids is 1. The van der Waals surface area contributed by atoms with Crippen LogP contribution >= 0.6 is 0 Å². The van der Waals surface area contributed by atoms with Crippen molar-refractivity contribution in [1.82, 2.24) is 4.90 Å². The van der Waals surface area contributed by atoms with E-state index in [2.05, 4.69) is 5.32 Å². The van der Waals surface area contributed by atoms with Crippen molar-refractivity contribution in [2.45, 2.75) is 20.8 Å². The lowest BCUT2D eigenvalue weighted by molar-refractivity contribution is -0.137. The van der Waals surface area contributed by atoms with E-state index < -0.39 is 12.0 Å². The Bertz CT molecular complexity index is 514. The van der Waals surface area contributed by atoms with E-state index >= 15 is 0 Å². The number of carboxylic acid groups (broad SMARTS) is 1. The lowest BCUT2D eigenvalue weighted by atomic mass is 10.2. The van der Waals surface area contributed by atoms with Gasteiger partial charge in [0, 0.05) is 6.54 Å². The quantitative estimate of drug-likeness (QED) is 0.845. The average Bonchev–Trinajstić information content (AvgIpc) is 2.37. The lowest BCUT2D eigenvalue weighted by Gasteiger charge is -2.23. The average molecular weight is 294 g/mol. The van der Waals surface area contributed by atoms with Gasteiger partial charge >= 0.3 is 12.0 Å². The van der Waals surface area contributed by atoms with Gasteiger partial charge in [-0.25, -0.2) is 4.79 Å². The topological polar surface area (TPSA) is 78.9 Å². The molecule has 116 valence electrons. The number of rotatable bonds is 6. The Morgan fingerprint density at radius 2 is 2.05 bits per heavy atom. The molecule has 6 nitrogen and oxygen atoms in total. The molecule has 1 aromatic rings. The number of hydrogen-bond acceptors (Lipinski definition) is 3. The molecule has 0 unspecified atom stereocenters. The van der Waals surface area contributed by atoms with Gasteiger partial charge in [0.1, 0.15) is 12.3 Å². The van der Waals surface area contributed by atoms with Crippen molar-refractivity contribution < 1.29 is 19.4 Å². The van der Waals surface area contributed by atoms with Gasteiger partial charge in [0.05, 0.1) is 12.8 Å². The second kappa shape index (κ2) is 7.52. The molecule has 0 aromatic heterocycles. The lowest BCUT2D eigenvalue weighted by Crippen LogP contribution is -2.41. The minimum Gasteiger partial charge on any atom is -0.495 e. The van der Waals surface area contributed by atoms with Crippen molar-refractivity contribution in [2.24, 2.45) is 5.92 Å². The molecule has 0 saturated heterocycles. The minimum atomic E-state index is -1.04. The molecule has 2 amide bonds. The molecule has 0 bridgehead atoms. The Morgan fingerprint density at radius 3 is 2.57 bits per heavy atom. The van der Waals surface area contributed by atoms with Crippen LogP contribution in [0.1, 0.15) is 19.4 Å². The van der Waals surface area contributed by atoms with Crippen molar-refractivity contribution in [3.05, 3.63) is 23.8 Å². The number of nitrogens with zero attached hydrogens (tertiary/aromatic N) is 1. The van der Waals surface area contributed by atoms with E-state index in [-0.39, 0.29) is 12.5 Å². The number of aryl methyl sites for hydroxylation is 1. The van der Waals surface area contributed by atoms with Crippen molar-refractivity contribution in [1.29, 1.82) is 0 Å². The van der Waals surface area contributed by atoms with Crippen molar-refractivity contribution >= 4 is 17.7 Å². The fourth-order valence-corrected chi connectivity index (χ4v) is 1.94. The standard InChI is InChI=1S/C15H22N2O4/c1-10(2)8-17(9-14(18)19)15(20)16-12-7-11(3)5-6-13(12)21-4/h5-7,10H,8-9H2,1-4H3,(H,16,20)(H,18,19). The Balaban J connectivity index is 2.90. The van der Waals surface area contributed by atoms with Gasteiger partial charge < -0.3 is 20.1 Å². The molecule has 6 heteroatoms. The molecule has 1 aromatic carbocycles. The minimum absolute atomic E-state index is 0.175. The van der Waals surface area contributed by atoms with Crippen LogP contribution in [0.2, 0.25) is 0 Å². The molecule has 0 aliphatic carbocycles. The fraction of sp³-hybridized carbons (Fsp3) is 0.467. The van der Waals surface area contributed by atoms with Crippen LogP contribution in [0.3, 0.4) is 0 Å². The number of anilines is 1. The Labute approximate surface area is 124 Å². The Hall–Kier alpha value is -2.24. The summed E-state index contributed by atoms with van der Waals surface area (Å²) in [5.41, 5.74) is 1.50. The first-order valence-electron chi connectivity index (χ1n) is 6.75. The highest BCUT2D eigenvalue weighted by Gasteiger charge is 2.19. The number of benzene rings is 1. The van der Waals surface area contributed by atoms with E-state index in [9.17, 15) is 9.59 Å². The third-order valence-corrected chi connectivity index (χ3v) is 2.80. The predicted octanol–water partition coefficient (Wildman–Crippen LogP) is 2.58. The zero-order valence-corrected chi connectivity index (χ0v) is 12.8. The molecule has 0 saturated carbocycles. The van der Waals surface area contributed by atoms with E-state index in [4.69, 9.17) is 9.84 Å². The highest BCUT2D eigenvalue weighted by molar-refractivity contribution is 5.92. The molecular weight excluding hydrogens is 272 g/mol. The maximum Gasteiger partial charge on any atom is 0.323 e. The van der Waals surface area contributed by atoms with E-state index in [1.165, 1.54) is 12.0 Å². The number of carbonyl (C=O) groups excluding carboxylic acids is 1. The van der Waals surface area contributed by atoms with Crippen LogP contribution in [0.5, 0.6) is 5.75 Å². The number of amides is 2. The van der Waals surface area contributed by atoms with Gasteiger partial charge in [-0.05, 0) is 30.5 Å². The summed E-state index contributed by atoms with van der Waals surface area (Å²) in [7, 11) is 1.52. The van der Waals surface area contributed by atoms with Gasteiger partial charge in [-0.1, -0.05) is 19.9 Å². The normalized spacial score (nSPS) is 10.3. The van der Waals surface area contributed by atoms with Gasteiger partial charge in [0.25, 0.3) is 0 Å². The van der Waals surface area contributed by atoms with Crippen LogP contribution in [0.15, 0.2) is 18.2 Å². The van der Waals surface area contributed by atoms with Crippen LogP contribution in [-0.2, 0) is 4.79 Å². The van der Waals surface area contributed by atoms with E-state index in [1.807, 2.05) is 26.8 Å². The van der Waals surface area contributed by atoms with Crippen molar-refractivity contribution in [2.75, 3.05) is 25.5 Å². The van der Waals surface area contributed by atoms with Crippen LogP contribution in [0.25, 0.3) is 0 Å². The number of nitrogens with one attached hydrogen (secondary N) is 1. The number of methoxy groups -OCH3 is 1. The van der Waals surface area contributed by atoms with Gasteiger partial charge in [0.2, 0.25) is 0 Å². The summed E-state index contributed by atoms with van der Waals surface area (Å²) in [6, 6.07) is 4.97. The second-order valence-electron chi connectivity index (χ2n) is 5.30. The third kappa shape index (κ3) is 5.33. The van der Waals surface area contributed by atoms with E-state index in [1.54, 1.807) is 12.1 Å². The van der Waals surface area contributed by atoms with E-state index in [0.717, 1.165) is 5.56 Å². The third-order valence-electron chi connectivity index (χ3n) is 2.80. The van der Waals surface area contributed by atoms with Crippen LogP contribution < -0.4 is 10.1 Å². The smallest absolute Gasteiger partial charge is 0.323 e. The number of ether oxygens (including phenoxy) is 1. The zero-order valence-electron chi connectivity index (χ0n) is 12.8. The molecule has 0 aliphatic heterocycles. The number of hydrogen-bond donors (Lipinski definition) is 2. The molecule has 0 spiro atoms. The molecule has 1 rings (SSSR count). The first-order chi connectivity index (χ1) is 9.83. The fourth-order valence-electron chi connectivity index (χ4n) is 1.94. The van der Waals surface area contributed by atoms with Gasteiger partial charge in [0.15, 0.2) is 0 Å². The number of carboxylic acids is 1. The molecule has 0 fully saturated rings. The van der Waals surface area contributed by atoms with Gasteiger partial charge in [-0.15, -0.1) is 0 Å². The molecule has 2 N–H and O–H groups in total. The number of carbonyl (C=O) groups is 2. The summed E-state index contributed by atoms with van der Waals surface area (Å²) in [6.07, 6.45) is 0. The molecular formula is C15H22N2O4. The molecule has 0 aliphatic rings. The maximum absolute atomic E-state index is 12.3. The highest BCUT2D eigenvalue weighted by atomic mass is 16.5. The molecule has 0 radical (unpaired) electrons. The van der Waals surface area contributed by atoms with Crippen molar-refractivity contribution in [3.63, 3.8) is 0 Å². The Kier molecular flexibility index (Phi) is 6.02. The summed E-state index contributed by atoms with van der Waals surface area (Å²) in [4.78, 5) is 24.4. The van der Waals surface area contributed by atoms with Gasteiger partial charge in [-0.3, -0.25) is 4.79 Å². The van der Waals surface area contributed by atoms with Crippen LogP contribution in [0, 0.1) is 12.8 Å². The molecule has 0 heterocycles. The van der Waals surface area contributed by atoms with Crippen LogP contribution in [-0.4, -0.2) is 42.2 Å². The first kappa shape index (κ1) is 16.8. The summed E-state index contributed by atoms with van der Waals surface area (Å²) in [5.74, 6) is -0.328. The predicted molar refractivity (Wildman–Crippen MR) is 80.8 cm³/mol. The zero-order chi connectivity index (χ0) is 16.0. The summed E-state index contributed by atoms with van der Waals surface area (Å²) < 4.78 is 5.19. The van der Waals surface area contributed by atoms with Gasteiger partial charge in [-0.2, -0.15) is 0 Å².